The van der Waals surface area contributed by atoms with Gasteiger partial charge < -0.3 is 14.3 Å². The average molecular weight is 301 g/mol. The molecule has 0 amide bonds. The number of carbonyl (C=O) groups is 3. The van der Waals surface area contributed by atoms with E-state index >= 15 is 0 Å². The molecule has 0 aromatic heterocycles. The van der Waals surface area contributed by atoms with Crippen molar-refractivity contribution in [2.45, 2.75) is 59.0 Å². The Bertz CT molecular complexity index is 443. The molecule has 21 heavy (non-hydrogen) atoms. The van der Waals surface area contributed by atoms with Gasteiger partial charge in [0.15, 0.2) is 0 Å². The SMILES string of the molecule is CC(=O)OCOC(=O)[C@H]1CC(C)(C)N(OC(C)=O)C1(C)C. The lowest BCUT2D eigenvalue weighted by Gasteiger charge is -2.38. The third-order valence-corrected chi connectivity index (χ3v) is 3.60. The number of hydroxylamine groups is 2. The Morgan fingerprint density at radius 1 is 1.05 bits per heavy atom. The van der Waals surface area contributed by atoms with Crippen molar-refractivity contribution in [3.63, 3.8) is 0 Å². The molecule has 0 aromatic rings. The summed E-state index contributed by atoms with van der Waals surface area (Å²) in [5, 5.41) is 1.54. The van der Waals surface area contributed by atoms with Gasteiger partial charge in [0.2, 0.25) is 6.79 Å². The molecule has 7 nitrogen and oxygen atoms in total. The lowest BCUT2D eigenvalue weighted by Crippen LogP contribution is -2.51. The normalized spacial score (nSPS) is 23.4. The van der Waals surface area contributed by atoms with Crippen molar-refractivity contribution in [2.24, 2.45) is 5.92 Å². The molecule has 1 fully saturated rings. The van der Waals surface area contributed by atoms with E-state index in [-0.39, 0.29) is 0 Å². The van der Waals surface area contributed by atoms with Gasteiger partial charge in [-0.15, -0.1) is 5.06 Å². The summed E-state index contributed by atoms with van der Waals surface area (Å²) in [6.07, 6.45) is 0.464. The summed E-state index contributed by atoms with van der Waals surface area (Å²) in [7, 11) is 0. The van der Waals surface area contributed by atoms with Gasteiger partial charge in [-0.1, -0.05) is 0 Å². The predicted octanol–water partition coefficient (Wildman–Crippen LogP) is 1.41. The summed E-state index contributed by atoms with van der Waals surface area (Å²) < 4.78 is 9.57. The minimum absolute atomic E-state index is 0.408. The summed E-state index contributed by atoms with van der Waals surface area (Å²) in [4.78, 5) is 39.4. The van der Waals surface area contributed by atoms with E-state index in [0.29, 0.717) is 6.42 Å². The van der Waals surface area contributed by atoms with Gasteiger partial charge in [-0.25, -0.2) is 0 Å². The fraction of sp³-hybridized carbons (Fsp3) is 0.786. The summed E-state index contributed by atoms with van der Waals surface area (Å²) >= 11 is 0. The molecule has 1 heterocycles. The monoisotopic (exact) mass is 301 g/mol. The highest BCUT2D eigenvalue weighted by atomic mass is 16.7. The van der Waals surface area contributed by atoms with E-state index in [1.807, 2.05) is 27.7 Å². The molecule has 0 radical (unpaired) electrons. The highest BCUT2D eigenvalue weighted by Crippen LogP contribution is 2.45. The van der Waals surface area contributed by atoms with Gasteiger partial charge in [0.25, 0.3) is 0 Å². The minimum atomic E-state index is -0.720. The molecule has 0 spiro atoms. The summed E-state index contributed by atoms with van der Waals surface area (Å²) in [5.74, 6) is -1.94. The molecule has 0 unspecified atom stereocenters. The third kappa shape index (κ3) is 3.93. The second-order valence-corrected chi connectivity index (χ2v) is 6.32. The number of carbonyl (C=O) groups excluding carboxylic acids is 3. The van der Waals surface area contributed by atoms with Crippen LogP contribution in [0.1, 0.15) is 48.0 Å². The van der Waals surface area contributed by atoms with Crippen LogP contribution in [0.25, 0.3) is 0 Å². The Morgan fingerprint density at radius 2 is 1.62 bits per heavy atom. The van der Waals surface area contributed by atoms with Crippen molar-refractivity contribution in [1.29, 1.82) is 0 Å². The number of rotatable bonds is 4. The van der Waals surface area contributed by atoms with Crippen LogP contribution in [-0.2, 0) is 28.7 Å². The number of hydrogen-bond donors (Lipinski definition) is 0. The molecule has 1 saturated heterocycles. The molecule has 0 N–H and O–H groups in total. The van der Waals surface area contributed by atoms with Gasteiger partial charge in [0, 0.05) is 13.8 Å². The van der Waals surface area contributed by atoms with Crippen LogP contribution < -0.4 is 0 Å². The largest absolute Gasteiger partial charge is 0.428 e. The van der Waals surface area contributed by atoms with E-state index in [0.717, 1.165) is 0 Å². The van der Waals surface area contributed by atoms with Crippen LogP contribution in [0.5, 0.6) is 0 Å². The number of ether oxygens (including phenoxy) is 2. The van der Waals surface area contributed by atoms with Crippen molar-refractivity contribution in [3.05, 3.63) is 0 Å². The zero-order chi connectivity index (χ0) is 16.4. The maximum Gasteiger partial charge on any atom is 0.322 e. The van der Waals surface area contributed by atoms with Crippen molar-refractivity contribution in [2.75, 3.05) is 6.79 Å². The highest BCUT2D eigenvalue weighted by Gasteiger charge is 2.57. The first-order valence-corrected chi connectivity index (χ1v) is 6.77. The Labute approximate surface area is 124 Å². The molecule has 0 aromatic carbocycles. The standard InChI is InChI=1S/C14H23NO6/c1-9(16)19-8-20-12(18)11-7-13(3,4)15(14(11,5)6)21-10(2)17/h11H,7-8H2,1-6H3/t11-/m1/s1. The maximum absolute atomic E-state index is 12.2. The molecule has 1 aliphatic heterocycles. The first-order valence-electron chi connectivity index (χ1n) is 6.77. The fourth-order valence-electron chi connectivity index (χ4n) is 2.77. The van der Waals surface area contributed by atoms with Crippen LogP contribution in [0.2, 0.25) is 0 Å². The molecule has 0 bridgehead atoms. The molecular weight excluding hydrogens is 278 g/mol. The van der Waals surface area contributed by atoms with Crippen LogP contribution >= 0.6 is 0 Å². The summed E-state index contributed by atoms with van der Waals surface area (Å²) in [5.41, 5.74) is -1.22. The molecule has 0 saturated carbocycles. The first kappa shape index (κ1) is 17.4. The van der Waals surface area contributed by atoms with Gasteiger partial charge in [-0.3, -0.25) is 14.4 Å². The Balaban J connectivity index is 2.82. The zero-order valence-electron chi connectivity index (χ0n) is 13.4. The topological polar surface area (TPSA) is 82.1 Å². The quantitative estimate of drug-likeness (QED) is 0.573. The predicted molar refractivity (Wildman–Crippen MR) is 72.6 cm³/mol. The molecule has 1 rings (SSSR count). The van der Waals surface area contributed by atoms with Crippen LogP contribution in [-0.4, -0.2) is 40.8 Å². The van der Waals surface area contributed by atoms with Gasteiger partial charge in [0.1, 0.15) is 0 Å². The van der Waals surface area contributed by atoms with Crippen LogP contribution in [0.4, 0.5) is 0 Å². The smallest absolute Gasteiger partial charge is 0.322 e. The number of hydrogen-bond acceptors (Lipinski definition) is 7. The van der Waals surface area contributed by atoms with E-state index in [1.54, 1.807) is 5.06 Å². The van der Waals surface area contributed by atoms with Gasteiger partial charge >= 0.3 is 17.9 Å². The lowest BCUT2D eigenvalue weighted by molar-refractivity contribution is -0.235. The molecule has 120 valence electrons. The Hall–Kier alpha value is -1.63. The van der Waals surface area contributed by atoms with Gasteiger partial charge in [0.05, 0.1) is 17.0 Å². The lowest BCUT2D eigenvalue weighted by atomic mass is 9.87. The van der Waals surface area contributed by atoms with Crippen molar-refractivity contribution < 1.29 is 28.7 Å². The molecule has 1 atom stereocenters. The molecule has 0 aliphatic carbocycles. The summed E-state index contributed by atoms with van der Waals surface area (Å²) in [6.45, 7) is 9.53. The van der Waals surface area contributed by atoms with Crippen molar-refractivity contribution in [3.8, 4) is 0 Å². The van der Waals surface area contributed by atoms with E-state index in [9.17, 15) is 14.4 Å². The average Bonchev–Trinajstić information content (AvgIpc) is 2.48. The van der Waals surface area contributed by atoms with E-state index in [4.69, 9.17) is 9.57 Å². The van der Waals surface area contributed by atoms with E-state index < -0.39 is 41.7 Å². The van der Waals surface area contributed by atoms with E-state index in [2.05, 4.69) is 4.74 Å². The minimum Gasteiger partial charge on any atom is -0.428 e. The van der Waals surface area contributed by atoms with E-state index in [1.165, 1.54) is 13.8 Å². The molecular formula is C14H23NO6. The first-order chi connectivity index (χ1) is 9.48. The fourth-order valence-corrected chi connectivity index (χ4v) is 2.77. The second-order valence-electron chi connectivity index (χ2n) is 6.32. The van der Waals surface area contributed by atoms with Crippen molar-refractivity contribution >= 4 is 17.9 Å². The van der Waals surface area contributed by atoms with Crippen molar-refractivity contribution in [1.82, 2.24) is 5.06 Å². The Kier molecular flexibility index (Phi) is 4.99. The second kappa shape index (κ2) is 6.01. The number of esters is 2. The van der Waals surface area contributed by atoms with Gasteiger partial charge in [-0.05, 0) is 34.1 Å². The zero-order valence-corrected chi connectivity index (χ0v) is 13.4. The molecule has 7 heteroatoms. The van der Waals surface area contributed by atoms with Crippen LogP contribution in [0.3, 0.4) is 0 Å². The number of nitrogens with zero attached hydrogens (tertiary/aromatic N) is 1. The van der Waals surface area contributed by atoms with Gasteiger partial charge in [-0.2, -0.15) is 0 Å². The highest BCUT2D eigenvalue weighted by molar-refractivity contribution is 5.75. The molecule has 1 aliphatic rings. The Morgan fingerprint density at radius 3 is 2.10 bits per heavy atom. The maximum atomic E-state index is 12.2. The van der Waals surface area contributed by atoms with Crippen LogP contribution in [0, 0.1) is 5.92 Å². The summed E-state index contributed by atoms with van der Waals surface area (Å²) in [6, 6.07) is 0. The van der Waals surface area contributed by atoms with Crippen LogP contribution in [0.15, 0.2) is 0 Å². The third-order valence-electron chi connectivity index (χ3n) is 3.60.